The molecule has 26 heavy (non-hydrogen) atoms. The smallest absolute Gasteiger partial charge is 0.418 e. The third kappa shape index (κ3) is 3.00. The van der Waals surface area contributed by atoms with Gasteiger partial charge in [-0.2, -0.15) is 13.2 Å². The number of thiazole rings is 1. The Labute approximate surface area is 149 Å². The standard InChI is InChI=1S/C16H12F3N3O3S/c1-8-5-11(25-21-8)14(23)22-6-9(7-22)24-15-20-13-10(16(17,18)19)3-2-4-12(13)26-15/h2-5,9H,6-7H2,1H3. The van der Waals surface area contributed by atoms with E-state index in [-0.39, 0.29) is 28.5 Å². The molecule has 4 rings (SSSR count). The normalized spacial score (nSPS) is 15.3. The number of para-hydroxylation sites is 1. The van der Waals surface area contributed by atoms with Gasteiger partial charge in [-0.05, 0) is 19.1 Å². The first-order valence-corrected chi connectivity index (χ1v) is 8.49. The van der Waals surface area contributed by atoms with Crippen molar-refractivity contribution in [1.82, 2.24) is 15.0 Å². The topological polar surface area (TPSA) is 68.5 Å². The maximum atomic E-state index is 13.0. The minimum absolute atomic E-state index is 0.121. The first-order valence-electron chi connectivity index (χ1n) is 7.67. The number of hydrogen-bond donors (Lipinski definition) is 0. The van der Waals surface area contributed by atoms with Crippen molar-refractivity contribution in [3.63, 3.8) is 0 Å². The molecule has 0 saturated carbocycles. The summed E-state index contributed by atoms with van der Waals surface area (Å²) in [5.74, 6) is -0.148. The zero-order chi connectivity index (χ0) is 18.5. The summed E-state index contributed by atoms with van der Waals surface area (Å²) in [6, 6.07) is 5.45. The molecule has 1 saturated heterocycles. The van der Waals surface area contributed by atoms with E-state index in [1.54, 1.807) is 19.1 Å². The van der Waals surface area contributed by atoms with Gasteiger partial charge in [0.15, 0.2) is 0 Å². The van der Waals surface area contributed by atoms with Gasteiger partial charge in [0.2, 0.25) is 5.76 Å². The molecule has 0 aliphatic carbocycles. The van der Waals surface area contributed by atoms with Gasteiger partial charge in [-0.3, -0.25) is 4.79 Å². The number of alkyl halides is 3. The van der Waals surface area contributed by atoms with E-state index >= 15 is 0 Å². The zero-order valence-electron chi connectivity index (χ0n) is 13.4. The van der Waals surface area contributed by atoms with E-state index in [0.717, 1.165) is 17.4 Å². The molecule has 1 aliphatic rings. The molecule has 3 heterocycles. The quantitative estimate of drug-likeness (QED) is 0.692. The molecule has 10 heteroatoms. The Kier molecular flexibility index (Phi) is 3.87. The van der Waals surface area contributed by atoms with Gasteiger partial charge in [-0.15, -0.1) is 0 Å². The van der Waals surface area contributed by atoms with Gasteiger partial charge in [0.1, 0.15) is 6.10 Å². The predicted octanol–water partition coefficient (Wildman–Crippen LogP) is 3.51. The van der Waals surface area contributed by atoms with Crippen molar-refractivity contribution in [2.24, 2.45) is 0 Å². The Balaban J connectivity index is 1.44. The summed E-state index contributed by atoms with van der Waals surface area (Å²) in [5, 5.41) is 3.82. The summed E-state index contributed by atoms with van der Waals surface area (Å²) < 4.78 is 50.1. The van der Waals surface area contributed by atoms with Crippen molar-refractivity contribution in [3.05, 3.63) is 41.3 Å². The number of rotatable bonds is 3. The summed E-state index contributed by atoms with van der Waals surface area (Å²) in [6.45, 7) is 2.33. The fourth-order valence-electron chi connectivity index (χ4n) is 2.65. The highest BCUT2D eigenvalue weighted by atomic mass is 32.1. The lowest BCUT2D eigenvalue weighted by molar-refractivity contribution is -0.136. The Morgan fingerprint density at radius 2 is 2.15 bits per heavy atom. The third-order valence-corrected chi connectivity index (χ3v) is 4.86. The molecule has 0 unspecified atom stereocenters. The van der Waals surface area contributed by atoms with Crippen molar-refractivity contribution in [2.75, 3.05) is 13.1 Å². The van der Waals surface area contributed by atoms with E-state index in [1.165, 1.54) is 11.0 Å². The fraction of sp³-hybridized carbons (Fsp3) is 0.312. The molecule has 0 bridgehead atoms. The maximum Gasteiger partial charge on any atom is 0.418 e. The van der Waals surface area contributed by atoms with Crippen LogP contribution in [0.2, 0.25) is 0 Å². The van der Waals surface area contributed by atoms with E-state index in [0.29, 0.717) is 23.5 Å². The molecule has 6 nitrogen and oxygen atoms in total. The number of nitrogens with zero attached hydrogens (tertiary/aromatic N) is 3. The van der Waals surface area contributed by atoms with Gasteiger partial charge in [0.25, 0.3) is 11.1 Å². The molecule has 0 spiro atoms. The van der Waals surface area contributed by atoms with Gasteiger partial charge >= 0.3 is 6.18 Å². The number of aromatic nitrogens is 2. The van der Waals surface area contributed by atoms with E-state index in [2.05, 4.69) is 10.1 Å². The van der Waals surface area contributed by atoms with E-state index in [9.17, 15) is 18.0 Å². The number of fused-ring (bicyclic) bond motifs is 1. The second-order valence-electron chi connectivity index (χ2n) is 5.91. The number of carbonyl (C=O) groups excluding carboxylic acids is 1. The zero-order valence-corrected chi connectivity index (χ0v) is 14.2. The largest absolute Gasteiger partial charge is 0.463 e. The number of halogens is 3. The van der Waals surface area contributed by atoms with Crippen LogP contribution in [-0.2, 0) is 6.18 Å². The van der Waals surface area contributed by atoms with E-state index in [1.807, 2.05) is 0 Å². The Bertz CT molecular complexity index is 976. The molecular weight excluding hydrogens is 371 g/mol. The lowest BCUT2D eigenvalue weighted by atomic mass is 10.1. The molecule has 3 aromatic rings. The average molecular weight is 383 g/mol. The highest BCUT2D eigenvalue weighted by Gasteiger charge is 2.36. The average Bonchev–Trinajstić information content (AvgIpc) is 3.14. The number of hydrogen-bond acceptors (Lipinski definition) is 6. The Hall–Kier alpha value is -2.62. The van der Waals surface area contributed by atoms with Gasteiger partial charge < -0.3 is 14.2 Å². The van der Waals surface area contributed by atoms with Gasteiger partial charge in [-0.1, -0.05) is 22.6 Å². The van der Waals surface area contributed by atoms with Gasteiger partial charge in [0.05, 0.1) is 34.6 Å². The molecule has 1 amide bonds. The fourth-order valence-corrected chi connectivity index (χ4v) is 3.56. The molecule has 1 fully saturated rings. The van der Waals surface area contributed by atoms with Crippen LogP contribution in [0.5, 0.6) is 5.19 Å². The van der Waals surface area contributed by atoms with Crippen LogP contribution in [0.3, 0.4) is 0 Å². The molecule has 0 N–H and O–H groups in total. The molecular formula is C16H12F3N3O3S. The molecule has 2 aromatic heterocycles. The van der Waals surface area contributed by atoms with Crippen LogP contribution in [0.25, 0.3) is 10.2 Å². The van der Waals surface area contributed by atoms with Crippen LogP contribution >= 0.6 is 11.3 Å². The van der Waals surface area contributed by atoms with Crippen LogP contribution in [0.15, 0.2) is 28.8 Å². The number of likely N-dealkylation sites (tertiary alicyclic amines) is 1. The van der Waals surface area contributed by atoms with Crippen LogP contribution in [0.4, 0.5) is 13.2 Å². The van der Waals surface area contributed by atoms with Crippen LogP contribution < -0.4 is 4.74 Å². The molecule has 0 radical (unpaired) electrons. The Morgan fingerprint density at radius 1 is 1.38 bits per heavy atom. The second-order valence-corrected chi connectivity index (χ2v) is 6.91. The number of carbonyl (C=O) groups is 1. The first-order chi connectivity index (χ1) is 12.3. The molecule has 136 valence electrons. The molecule has 0 atom stereocenters. The third-order valence-electron chi connectivity index (χ3n) is 3.95. The minimum Gasteiger partial charge on any atom is -0.463 e. The first kappa shape index (κ1) is 16.8. The van der Waals surface area contributed by atoms with Crippen molar-refractivity contribution in [1.29, 1.82) is 0 Å². The van der Waals surface area contributed by atoms with Crippen molar-refractivity contribution < 1.29 is 27.2 Å². The van der Waals surface area contributed by atoms with Crippen molar-refractivity contribution in [2.45, 2.75) is 19.2 Å². The predicted molar refractivity (Wildman–Crippen MR) is 86.2 cm³/mol. The SMILES string of the molecule is Cc1cc(C(=O)N2CC(Oc3nc4c(C(F)(F)F)cccc4s3)C2)on1. The van der Waals surface area contributed by atoms with Gasteiger partial charge in [-0.25, -0.2) is 4.98 Å². The van der Waals surface area contributed by atoms with E-state index < -0.39 is 11.7 Å². The minimum atomic E-state index is -4.47. The molecule has 1 aliphatic heterocycles. The van der Waals surface area contributed by atoms with Crippen LogP contribution in [0.1, 0.15) is 21.8 Å². The summed E-state index contributed by atoms with van der Waals surface area (Å²) in [5.41, 5.74) is -0.298. The van der Waals surface area contributed by atoms with Crippen molar-refractivity contribution in [3.8, 4) is 5.19 Å². The summed E-state index contributed by atoms with van der Waals surface area (Å²) in [6.07, 6.45) is -4.79. The summed E-state index contributed by atoms with van der Waals surface area (Å²) in [7, 11) is 0. The number of amides is 1. The van der Waals surface area contributed by atoms with E-state index in [4.69, 9.17) is 9.26 Å². The molecule has 1 aromatic carbocycles. The number of ether oxygens (including phenoxy) is 1. The number of benzene rings is 1. The Morgan fingerprint density at radius 3 is 2.81 bits per heavy atom. The van der Waals surface area contributed by atoms with Gasteiger partial charge in [0, 0.05) is 6.07 Å². The lowest BCUT2D eigenvalue weighted by Crippen LogP contribution is -2.56. The highest BCUT2D eigenvalue weighted by molar-refractivity contribution is 7.20. The highest BCUT2D eigenvalue weighted by Crippen LogP contribution is 2.38. The van der Waals surface area contributed by atoms with Crippen molar-refractivity contribution >= 4 is 27.5 Å². The second kappa shape index (κ2) is 5.97. The summed E-state index contributed by atoms with van der Waals surface area (Å²) >= 11 is 1.05. The lowest BCUT2D eigenvalue weighted by Gasteiger charge is -2.37. The van der Waals surface area contributed by atoms with Crippen LogP contribution in [0, 0.1) is 6.92 Å². The van der Waals surface area contributed by atoms with Crippen LogP contribution in [-0.4, -0.2) is 40.1 Å². The number of aryl methyl sites for hydroxylation is 1. The maximum absolute atomic E-state index is 13.0. The summed E-state index contributed by atoms with van der Waals surface area (Å²) in [4.78, 5) is 17.6. The monoisotopic (exact) mass is 383 g/mol.